The van der Waals surface area contributed by atoms with Gasteiger partial charge in [-0.15, -0.1) is 0 Å². The lowest BCUT2D eigenvalue weighted by molar-refractivity contribution is 1.16. The summed E-state index contributed by atoms with van der Waals surface area (Å²) >= 11 is 0. The van der Waals surface area contributed by atoms with Crippen molar-refractivity contribution in [3.05, 3.63) is 109 Å². The van der Waals surface area contributed by atoms with Crippen LogP contribution >= 0.6 is 0 Å². The molecule has 7 rings (SSSR count). The summed E-state index contributed by atoms with van der Waals surface area (Å²) in [5.41, 5.74) is 4.55. The molecule has 0 saturated heterocycles. The molecule has 0 unspecified atom stereocenters. The quantitative estimate of drug-likeness (QED) is 0.262. The summed E-state index contributed by atoms with van der Waals surface area (Å²) in [6.07, 6.45) is 2.00. The fourth-order valence-corrected chi connectivity index (χ4v) is 5.08. The second-order valence-corrected chi connectivity index (χ2v) is 8.05. The number of hydrogen-bond donors (Lipinski definition) is 0. The van der Waals surface area contributed by atoms with E-state index in [1.165, 1.54) is 43.4 Å². The van der Waals surface area contributed by atoms with Gasteiger partial charge >= 0.3 is 0 Å². The molecule has 31 heavy (non-hydrogen) atoms. The van der Waals surface area contributed by atoms with Crippen LogP contribution < -0.4 is 0 Å². The van der Waals surface area contributed by atoms with E-state index >= 15 is 0 Å². The van der Waals surface area contributed by atoms with Crippen LogP contribution in [-0.2, 0) is 0 Å². The van der Waals surface area contributed by atoms with Gasteiger partial charge in [0.05, 0.1) is 28.4 Å². The largest absolute Gasteiger partial charge is 0.307 e. The molecule has 2 nitrogen and oxygen atoms in total. The minimum Gasteiger partial charge on any atom is -0.307 e. The first kappa shape index (κ1) is 16.6. The van der Waals surface area contributed by atoms with E-state index in [4.69, 9.17) is 4.98 Å². The number of hydrogen-bond acceptors (Lipinski definition) is 1. The highest BCUT2D eigenvalue weighted by Gasteiger charge is 2.18. The molecule has 5 aromatic carbocycles. The first-order valence-electron chi connectivity index (χ1n) is 10.6. The molecule has 0 aliphatic rings. The Morgan fingerprint density at radius 3 is 2.00 bits per heavy atom. The van der Waals surface area contributed by atoms with E-state index in [0.717, 1.165) is 16.6 Å². The van der Waals surface area contributed by atoms with E-state index in [-0.39, 0.29) is 0 Å². The summed E-state index contributed by atoms with van der Waals surface area (Å²) in [7, 11) is 0. The molecule has 0 aliphatic carbocycles. The van der Waals surface area contributed by atoms with Crippen LogP contribution in [0.3, 0.4) is 0 Å². The van der Waals surface area contributed by atoms with Crippen LogP contribution in [-0.4, -0.2) is 9.55 Å². The van der Waals surface area contributed by atoms with E-state index < -0.39 is 0 Å². The van der Waals surface area contributed by atoms with Gasteiger partial charge in [-0.05, 0) is 34.4 Å². The number of benzene rings is 5. The van der Waals surface area contributed by atoms with Crippen molar-refractivity contribution in [2.75, 3.05) is 0 Å². The second-order valence-electron chi connectivity index (χ2n) is 8.05. The fourth-order valence-electron chi connectivity index (χ4n) is 5.08. The molecular weight excluding hydrogens is 376 g/mol. The van der Waals surface area contributed by atoms with E-state index in [9.17, 15) is 0 Å². The summed E-state index contributed by atoms with van der Waals surface area (Å²) in [5, 5.41) is 8.86. The summed E-state index contributed by atoms with van der Waals surface area (Å²) in [6.45, 7) is 0. The van der Waals surface area contributed by atoms with Crippen molar-refractivity contribution in [2.24, 2.45) is 0 Å². The molecule has 0 radical (unpaired) electrons. The maximum atomic E-state index is 4.77. The normalized spacial score (nSPS) is 11.9. The van der Waals surface area contributed by atoms with Crippen molar-refractivity contribution < 1.29 is 0 Å². The molecule has 0 spiro atoms. The van der Waals surface area contributed by atoms with Crippen LogP contribution in [0.1, 0.15) is 0 Å². The zero-order chi connectivity index (χ0) is 20.4. The van der Waals surface area contributed by atoms with Gasteiger partial charge in [0.2, 0.25) is 0 Å². The third-order valence-corrected chi connectivity index (χ3v) is 6.38. The first-order valence-corrected chi connectivity index (χ1v) is 10.6. The molecule has 7 aromatic rings. The third kappa shape index (κ3) is 2.25. The molecule has 0 fully saturated rings. The first-order chi connectivity index (χ1) is 15.4. The van der Waals surface area contributed by atoms with Gasteiger partial charge in [0.15, 0.2) is 0 Å². The number of nitrogens with zero attached hydrogens (tertiary/aromatic N) is 2. The SMILES string of the molecule is c1ccc2ncc(-n3c4ccccc4c4c5ccccc5c5ccccc5c43)cc2c1. The number of pyridine rings is 1. The zero-order valence-corrected chi connectivity index (χ0v) is 16.8. The van der Waals surface area contributed by atoms with Crippen LogP contribution in [0.2, 0.25) is 0 Å². The molecule has 2 heteroatoms. The minimum atomic E-state index is 1.02. The predicted molar refractivity (Wildman–Crippen MR) is 131 cm³/mol. The number of fused-ring (bicyclic) bond motifs is 9. The van der Waals surface area contributed by atoms with Crippen LogP contribution in [0.25, 0.3) is 59.9 Å². The smallest absolute Gasteiger partial charge is 0.0703 e. The highest BCUT2D eigenvalue weighted by atomic mass is 15.0. The van der Waals surface area contributed by atoms with Crippen molar-refractivity contribution in [1.29, 1.82) is 0 Å². The third-order valence-electron chi connectivity index (χ3n) is 6.38. The van der Waals surface area contributed by atoms with Crippen molar-refractivity contribution in [1.82, 2.24) is 9.55 Å². The summed E-state index contributed by atoms with van der Waals surface area (Å²) < 4.78 is 2.39. The van der Waals surface area contributed by atoms with Crippen molar-refractivity contribution >= 4 is 54.3 Å². The van der Waals surface area contributed by atoms with Crippen LogP contribution in [0, 0.1) is 0 Å². The van der Waals surface area contributed by atoms with E-state index in [1.807, 2.05) is 12.3 Å². The van der Waals surface area contributed by atoms with Crippen LogP contribution in [0.5, 0.6) is 0 Å². The minimum absolute atomic E-state index is 1.02. The Balaban J connectivity index is 1.78. The summed E-state index contributed by atoms with van der Waals surface area (Å²) in [6, 6.07) is 36.8. The lowest BCUT2D eigenvalue weighted by atomic mass is 9.97. The van der Waals surface area contributed by atoms with Gasteiger partial charge in [0, 0.05) is 21.5 Å². The standard InChI is InChI=1S/C29H18N2/c1-7-15-26-19(9-1)17-20(18-30-26)31-27-16-8-6-14-25(27)28-23-12-4-2-10-21(23)22-11-3-5-13-24(22)29(28)31/h1-18H. The predicted octanol–water partition coefficient (Wildman–Crippen LogP) is 7.64. The molecule has 144 valence electrons. The average Bonchev–Trinajstić information content (AvgIpc) is 3.20. The zero-order valence-electron chi connectivity index (χ0n) is 16.8. The monoisotopic (exact) mass is 394 g/mol. The Labute approximate surface area is 179 Å². The Morgan fingerprint density at radius 1 is 0.548 bits per heavy atom. The van der Waals surface area contributed by atoms with Gasteiger partial charge in [-0.3, -0.25) is 4.98 Å². The van der Waals surface area contributed by atoms with Gasteiger partial charge in [-0.25, -0.2) is 0 Å². The second kappa shape index (κ2) is 6.16. The molecule has 0 amide bonds. The van der Waals surface area contributed by atoms with E-state index in [1.54, 1.807) is 0 Å². The maximum absolute atomic E-state index is 4.77. The highest BCUT2D eigenvalue weighted by molar-refractivity contribution is 6.32. The Bertz CT molecular complexity index is 1790. The van der Waals surface area contributed by atoms with Crippen LogP contribution in [0.4, 0.5) is 0 Å². The number of rotatable bonds is 1. The topological polar surface area (TPSA) is 17.8 Å². The van der Waals surface area contributed by atoms with Crippen molar-refractivity contribution in [3.8, 4) is 5.69 Å². The molecule has 2 heterocycles. The number of para-hydroxylation sites is 2. The van der Waals surface area contributed by atoms with E-state index in [2.05, 4.69) is 102 Å². The van der Waals surface area contributed by atoms with Crippen molar-refractivity contribution in [2.45, 2.75) is 0 Å². The molecule has 0 aliphatic heterocycles. The summed E-state index contributed by atoms with van der Waals surface area (Å²) in [5.74, 6) is 0. The fraction of sp³-hybridized carbons (Fsp3) is 0. The molecule has 0 N–H and O–H groups in total. The molecule has 0 bridgehead atoms. The molecule has 2 aromatic heterocycles. The van der Waals surface area contributed by atoms with E-state index in [0.29, 0.717) is 0 Å². The van der Waals surface area contributed by atoms with Crippen molar-refractivity contribution in [3.63, 3.8) is 0 Å². The van der Waals surface area contributed by atoms with Gasteiger partial charge in [0.1, 0.15) is 0 Å². The molecule has 0 atom stereocenters. The van der Waals surface area contributed by atoms with Gasteiger partial charge in [0.25, 0.3) is 0 Å². The lowest BCUT2D eigenvalue weighted by Crippen LogP contribution is -1.96. The lowest BCUT2D eigenvalue weighted by Gasteiger charge is -2.12. The van der Waals surface area contributed by atoms with Gasteiger partial charge in [-0.2, -0.15) is 0 Å². The summed E-state index contributed by atoms with van der Waals surface area (Å²) in [4.78, 5) is 4.77. The number of aromatic nitrogens is 2. The van der Waals surface area contributed by atoms with Crippen LogP contribution in [0.15, 0.2) is 109 Å². The van der Waals surface area contributed by atoms with Gasteiger partial charge in [-0.1, -0.05) is 84.9 Å². The van der Waals surface area contributed by atoms with Gasteiger partial charge < -0.3 is 4.57 Å². The highest BCUT2D eigenvalue weighted by Crippen LogP contribution is 2.42. The Morgan fingerprint density at radius 2 is 1.16 bits per heavy atom. The molecule has 0 saturated carbocycles. The molecular formula is C29H18N2. The Kier molecular flexibility index (Phi) is 3.30. The Hall–Kier alpha value is -4.17. The maximum Gasteiger partial charge on any atom is 0.0703 e. The average molecular weight is 394 g/mol.